The third-order valence-electron chi connectivity index (χ3n) is 3.18. The zero-order valence-corrected chi connectivity index (χ0v) is 15.3. The van der Waals surface area contributed by atoms with Crippen molar-refractivity contribution in [3.05, 3.63) is 28.2 Å². The average Bonchev–Trinajstić information content (AvgIpc) is 2.39. The third kappa shape index (κ3) is 7.68. The van der Waals surface area contributed by atoms with Gasteiger partial charge < -0.3 is 4.74 Å². The van der Waals surface area contributed by atoms with Crippen molar-refractivity contribution >= 4 is 33.2 Å². The van der Waals surface area contributed by atoms with Crippen LogP contribution in [0.4, 0.5) is 0 Å². The topological polar surface area (TPSA) is 46.6 Å². The lowest BCUT2D eigenvalue weighted by Gasteiger charge is -2.20. The van der Waals surface area contributed by atoms with Gasteiger partial charge in [0, 0.05) is 23.1 Å². The summed E-state index contributed by atoms with van der Waals surface area (Å²) in [5.41, 5.74) is 0. The molecule has 0 atom stereocenters. The van der Waals surface area contributed by atoms with Gasteiger partial charge >= 0.3 is 0 Å². The number of rotatable bonds is 10. The smallest absolute Gasteiger partial charge is 0.211 e. The Labute approximate surface area is 143 Å². The second-order valence-corrected chi connectivity index (χ2v) is 8.03. The molecule has 0 N–H and O–H groups in total. The van der Waals surface area contributed by atoms with Crippen molar-refractivity contribution in [3.8, 4) is 5.75 Å². The molecule has 0 radical (unpaired) electrons. The summed E-state index contributed by atoms with van der Waals surface area (Å²) >= 11 is 11.8. The predicted molar refractivity (Wildman–Crippen MR) is 92.5 cm³/mol. The summed E-state index contributed by atoms with van der Waals surface area (Å²) < 4.78 is 30.5. The van der Waals surface area contributed by atoms with Crippen LogP contribution in [0.25, 0.3) is 0 Å². The molecule has 0 bridgehead atoms. The van der Waals surface area contributed by atoms with E-state index in [1.165, 1.54) is 10.6 Å². The lowest BCUT2D eigenvalue weighted by atomic mass is 10.2. The van der Waals surface area contributed by atoms with E-state index in [4.69, 9.17) is 27.9 Å². The molecule has 1 aromatic rings. The van der Waals surface area contributed by atoms with Gasteiger partial charge in [-0.15, -0.1) is 0 Å². The molecule has 0 aromatic heterocycles. The van der Waals surface area contributed by atoms with Crippen LogP contribution in [0.2, 0.25) is 10.0 Å². The van der Waals surface area contributed by atoms with E-state index < -0.39 is 10.0 Å². The van der Waals surface area contributed by atoms with Crippen LogP contribution >= 0.6 is 23.2 Å². The largest absolute Gasteiger partial charge is 0.492 e. The fourth-order valence-corrected chi connectivity index (χ4v) is 3.41. The Hall–Kier alpha value is -0.490. The average molecular weight is 368 g/mol. The van der Waals surface area contributed by atoms with Crippen molar-refractivity contribution in [1.82, 2.24) is 4.31 Å². The van der Waals surface area contributed by atoms with E-state index in [0.717, 1.165) is 25.7 Å². The third-order valence-corrected chi connectivity index (χ3v) is 4.92. The number of ether oxygens (including phenoxy) is 1. The quantitative estimate of drug-likeness (QED) is 0.581. The number of hydrogen-bond donors (Lipinski definition) is 0. The van der Waals surface area contributed by atoms with Gasteiger partial charge in [-0.1, -0.05) is 49.4 Å². The fourth-order valence-electron chi connectivity index (χ4n) is 2.04. The molecule has 1 rings (SSSR count). The summed E-state index contributed by atoms with van der Waals surface area (Å²) in [4.78, 5) is 0. The van der Waals surface area contributed by atoms with Gasteiger partial charge in [-0.05, 0) is 24.6 Å². The van der Waals surface area contributed by atoms with E-state index in [-0.39, 0.29) is 6.61 Å². The highest BCUT2D eigenvalue weighted by Gasteiger charge is 2.16. The van der Waals surface area contributed by atoms with Gasteiger partial charge in [-0.3, -0.25) is 0 Å². The molecule has 1 aromatic carbocycles. The van der Waals surface area contributed by atoms with Gasteiger partial charge in [0.05, 0.1) is 6.26 Å². The SMILES string of the molecule is CCCCCCN(CCOc1cc(Cl)cc(Cl)c1)S(C)(=O)=O. The van der Waals surface area contributed by atoms with Crippen LogP contribution in [0.1, 0.15) is 32.6 Å². The van der Waals surface area contributed by atoms with Crippen molar-refractivity contribution in [3.63, 3.8) is 0 Å². The first-order valence-electron chi connectivity index (χ1n) is 7.37. The molecule has 0 spiro atoms. The number of halogens is 2. The summed E-state index contributed by atoms with van der Waals surface area (Å²) in [6.45, 7) is 3.23. The van der Waals surface area contributed by atoms with Crippen LogP contribution in [0.5, 0.6) is 5.75 Å². The maximum atomic E-state index is 11.8. The van der Waals surface area contributed by atoms with Crippen molar-refractivity contribution in [2.75, 3.05) is 26.0 Å². The van der Waals surface area contributed by atoms with Crippen molar-refractivity contribution in [2.45, 2.75) is 32.6 Å². The second kappa shape index (κ2) is 9.60. The molecule has 0 saturated heterocycles. The van der Waals surface area contributed by atoms with Crippen LogP contribution in [0.3, 0.4) is 0 Å². The fraction of sp³-hybridized carbons (Fsp3) is 0.600. The molecule has 22 heavy (non-hydrogen) atoms. The second-order valence-electron chi connectivity index (χ2n) is 5.18. The highest BCUT2D eigenvalue weighted by Crippen LogP contribution is 2.24. The van der Waals surface area contributed by atoms with Crippen molar-refractivity contribution in [1.29, 1.82) is 0 Å². The zero-order chi connectivity index (χ0) is 16.6. The first-order valence-corrected chi connectivity index (χ1v) is 9.97. The lowest BCUT2D eigenvalue weighted by Crippen LogP contribution is -2.34. The standard InChI is InChI=1S/C15H23Cl2NO3S/c1-3-4-5-6-7-18(22(2,19)20)8-9-21-15-11-13(16)10-14(17)12-15/h10-12H,3-9H2,1-2H3. The van der Waals surface area contributed by atoms with E-state index >= 15 is 0 Å². The Kier molecular flexibility index (Phi) is 8.54. The summed E-state index contributed by atoms with van der Waals surface area (Å²) in [5.74, 6) is 0.539. The molecule has 0 fully saturated rings. The van der Waals surface area contributed by atoms with E-state index in [0.29, 0.717) is 28.9 Å². The summed E-state index contributed by atoms with van der Waals surface area (Å²) in [6.07, 6.45) is 5.37. The Morgan fingerprint density at radius 2 is 1.68 bits per heavy atom. The maximum absolute atomic E-state index is 11.8. The van der Waals surface area contributed by atoms with Crippen LogP contribution in [-0.2, 0) is 10.0 Å². The van der Waals surface area contributed by atoms with Crippen LogP contribution in [-0.4, -0.2) is 38.7 Å². The molecule has 0 saturated carbocycles. The molecule has 0 unspecified atom stereocenters. The number of sulfonamides is 1. The van der Waals surface area contributed by atoms with Gasteiger partial charge in [0.1, 0.15) is 12.4 Å². The molecule has 0 amide bonds. The number of unbranched alkanes of at least 4 members (excludes halogenated alkanes) is 3. The molecule has 0 aliphatic heterocycles. The van der Waals surface area contributed by atoms with Crippen LogP contribution in [0.15, 0.2) is 18.2 Å². The highest BCUT2D eigenvalue weighted by atomic mass is 35.5. The molecule has 0 aliphatic rings. The van der Waals surface area contributed by atoms with Gasteiger partial charge in [0.25, 0.3) is 0 Å². The van der Waals surface area contributed by atoms with Gasteiger partial charge in [-0.25, -0.2) is 8.42 Å². The van der Waals surface area contributed by atoms with E-state index in [9.17, 15) is 8.42 Å². The summed E-state index contributed by atoms with van der Waals surface area (Å²) in [7, 11) is -3.22. The van der Waals surface area contributed by atoms with Gasteiger partial charge in [0.15, 0.2) is 0 Å². The van der Waals surface area contributed by atoms with Crippen molar-refractivity contribution in [2.24, 2.45) is 0 Å². The predicted octanol–water partition coefficient (Wildman–Crippen LogP) is 4.21. The minimum atomic E-state index is -3.22. The molecule has 4 nitrogen and oxygen atoms in total. The van der Waals surface area contributed by atoms with Crippen molar-refractivity contribution < 1.29 is 13.2 Å². The Bertz CT molecular complexity index is 544. The number of nitrogens with zero attached hydrogens (tertiary/aromatic N) is 1. The molecule has 0 heterocycles. The minimum absolute atomic E-state index is 0.261. The highest BCUT2D eigenvalue weighted by molar-refractivity contribution is 7.88. The molecule has 7 heteroatoms. The first-order chi connectivity index (χ1) is 10.3. The van der Waals surface area contributed by atoms with E-state index in [1.807, 2.05) is 0 Å². The normalized spacial score (nSPS) is 11.9. The monoisotopic (exact) mass is 367 g/mol. The molecule has 126 valence electrons. The number of hydrogen-bond acceptors (Lipinski definition) is 3. The Morgan fingerprint density at radius 1 is 1.05 bits per heavy atom. The van der Waals surface area contributed by atoms with Crippen LogP contribution in [0, 0.1) is 0 Å². The summed E-state index contributed by atoms with van der Waals surface area (Å²) in [6, 6.07) is 4.92. The maximum Gasteiger partial charge on any atom is 0.211 e. The molecular formula is C15H23Cl2NO3S. The van der Waals surface area contributed by atoms with Gasteiger partial charge in [0.2, 0.25) is 10.0 Å². The number of benzene rings is 1. The molecule has 0 aliphatic carbocycles. The van der Waals surface area contributed by atoms with Gasteiger partial charge in [-0.2, -0.15) is 4.31 Å². The van der Waals surface area contributed by atoms with E-state index in [2.05, 4.69) is 6.92 Å². The summed E-state index contributed by atoms with van der Waals surface area (Å²) in [5, 5.41) is 0.976. The Balaban J connectivity index is 2.49. The molecular weight excluding hydrogens is 345 g/mol. The van der Waals surface area contributed by atoms with E-state index in [1.54, 1.807) is 18.2 Å². The minimum Gasteiger partial charge on any atom is -0.492 e. The Morgan fingerprint density at radius 3 is 2.23 bits per heavy atom. The zero-order valence-electron chi connectivity index (χ0n) is 13.0. The van der Waals surface area contributed by atoms with Crippen LogP contribution < -0.4 is 4.74 Å². The lowest BCUT2D eigenvalue weighted by molar-refractivity contribution is 0.271. The first kappa shape index (κ1) is 19.6.